The first-order valence-electron chi connectivity index (χ1n) is 8.73. The highest BCUT2D eigenvalue weighted by Gasteiger charge is 2.12. The van der Waals surface area contributed by atoms with Gasteiger partial charge in [0.1, 0.15) is 5.82 Å². The molecule has 1 aliphatic heterocycles. The summed E-state index contributed by atoms with van der Waals surface area (Å²) in [4.78, 5) is 12.2. The Morgan fingerprint density at radius 1 is 1.12 bits per heavy atom. The van der Waals surface area contributed by atoms with Gasteiger partial charge in [-0.3, -0.25) is 9.20 Å². The molecule has 7 heteroatoms. The lowest BCUT2D eigenvalue weighted by Crippen LogP contribution is -2.27. The summed E-state index contributed by atoms with van der Waals surface area (Å²) < 4.78 is 13.2. The van der Waals surface area contributed by atoms with Gasteiger partial charge >= 0.3 is 0 Å². The van der Waals surface area contributed by atoms with E-state index in [1.54, 1.807) is 0 Å². The molecule has 1 amide bonds. The molecule has 1 aliphatic rings. The van der Waals surface area contributed by atoms with E-state index in [-0.39, 0.29) is 5.91 Å². The first-order chi connectivity index (χ1) is 12.8. The second-order valence-electron chi connectivity index (χ2n) is 6.15. The van der Waals surface area contributed by atoms with Crippen LogP contribution in [-0.4, -0.2) is 40.3 Å². The molecule has 0 bridgehead atoms. The van der Waals surface area contributed by atoms with Crippen LogP contribution in [-0.2, 0) is 17.6 Å². The number of pyridine rings is 1. The molecule has 0 fully saturated rings. The highest BCUT2D eigenvalue weighted by atomic mass is 16.5. The number of carbonyl (C=O) groups excluding carboxylic acids is 1. The SMILES string of the molecule is O=C(Cc1ccc2c(c1)OCCCO2)NCCc1nnc2ccccn12. The van der Waals surface area contributed by atoms with E-state index in [9.17, 15) is 4.79 Å². The molecular weight excluding hydrogens is 332 g/mol. The van der Waals surface area contributed by atoms with E-state index in [2.05, 4.69) is 15.5 Å². The van der Waals surface area contributed by atoms with Crippen molar-refractivity contribution in [1.82, 2.24) is 19.9 Å². The number of fused-ring (bicyclic) bond motifs is 2. The van der Waals surface area contributed by atoms with Crippen LogP contribution in [0.25, 0.3) is 5.65 Å². The largest absolute Gasteiger partial charge is 0.490 e. The van der Waals surface area contributed by atoms with E-state index in [0.717, 1.165) is 29.2 Å². The van der Waals surface area contributed by atoms with Gasteiger partial charge in [-0.1, -0.05) is 12.1 Å². The van der Waals surface area contributed by atoms with Gasteiger partial charge in [-0.2, -0.15) is 0 Å². The molecule has 3 aromatic rings. The van der Waals surface area contributed by atoms with Crippen LogP contribution in [0.4, 0.5) is 0 Å². The Kier molecular flexibility index (Phi) is 4.68. The molecule has 4 rings (SSSR count). The molecule has 26 heavy (non-hydrogen) atoms. The zero-order chi connectivity index (χ0) is 17.8. The van der Waals surface area contributed by atoms with E-state index in [4.69, 9.17) is 9.47 Å². The monoisotopic (exact) mass is 352 g/mol. The van der Waals surface area contributed by atoms with E-state index in [1.807, 2.05) is 47.0 Å². The summed E-state index contributed by atoms with van der Waals surface area (Å²) in [5.74, 6) is 2.25. The van der Waals surface area contributed by atoms with Gasteiger partial charge in [0.25, 0.3) is 0 Å². The number of hydrogen-bond acceptors (Lipinski definition) is 5. The zero-order valence-corrected chi connectivity index (χ0v) is 14.4. The number of hydrogen-bond donors (Lipinski definition) is 1. The fraction of sp³-hybridized carbons (Fsp3) is 0.316. The Bertz CT molecular complexity index is 922. The first kappa shape index (κ1) is 16.4. The molecule has 0 unspecified atom stereocenters. The minimum atomic E-state index is -0.0340. The van der Waals surface area contributed by atoms with Crippen molar-refractivity contribution in [2.75, 3.05) is 19.8 Å². The molecule has 1 aromatic carbocycles. The van der Waals surface area contributed by atoms with Crippen molar-refractivity contribution in [2.24, 2.45) is 0 Å². The molecule has 0 aliphatic carbocycles. The van der Waals surface area contributed by atoms with Crippen LogP contribution in [0.2, 0.25) is 0 Å². The smallest absolute Gasteiger partial charge is 0.224 e. The summed E-state index contributed by atoms with van der Waals surface area (Å²) in [5, 5.41) is 11.2. The average molecular weight is 352 g/mol. The predicted octanol–water partition coefficient (Wildman–Crippen LogP) is 1.79. The fourth-order valence-corrected chi connectivity index (χ4v) is 2.94. The third-order valence-electron chi connectivity index (χ3n) is 4.23. The second kappa shape index (κ2) is 7.43. The summed E-state index contributed by atoms with van der Waals surface area (Å²) in [6, 6.07) is 11.4. The zero-order valence-electron chi connectivity index (χ0n) is 14.4. The van der Waals surface area contributed by atoms with Gasteiger partial charge in [-0.05, 0) is 29.8 Å². The van der Waals surface area contributed by atoms with E-state index in [0.29, 0.717) is 38.3 Å². The van der Waals surface area contributed by atoms with Gasteiger partial charge in [0.2, 0.25) is 5.91 Å². The number of carbonyl (C=O) groups is 1. The van der Waals surface area contributed by atoms with Crippen molar-refractivity contribution in [3.05, 3.63) is 54.0 Å². The maximum Gasteiger partial charge on any atom is 0.224 e. The van der Waals surface area contributed by atoms with Gasteiger partial charge in [0, 0.05) is 25.6 Å². The molecular formula is C19H20N4O3. The molecule has 3 heterocycles. The number of ether oxygens (including phenoxy) is 2. The standard InChI is InChI=1S/C19H20N4O3/c24-19(13-14-5-6-15-16(12-14)26-11-3-10-25-15)20-8-7-18-22-21-17-4-1-2-9-23(17)18/h1-2,4-6,9,12H,3,7-8,10-11,13H2,(H,20,24). The number of rotatable bonds is 5. The Labute approximate surface area is 151 Å². The van der Waals surface area contributed by atoms with Gasteiger partial charge in [-0.25, -0.2) is 0 Å². The second-order valence-corrected chi connectivity index (χ2v) is 6.15. The van der Waals surface area contributed by atoms with E-state index >= 15 is 0 Å². The van der Waals surface area contributed by atoms with Crippen molar-refractivity contribution >= 4 is 11.6 Å². The van der Waals surface area contributed by atoms with Crippen LogP contribution in [0, 0.1) is 0 Å². The first-order valence-corrected chi connectivity index (χ1v) is 8.73. The molecule has 7 nitrogen and oxygen atoms in total. The summed E-state index contributed by atoms with van der Waals surface area (Å²) in [6.45, 7) is 1.80. The van der Waals surface area contributed by atoms with Crippen LogP contribution in [0.3, 0.4) is 0 Å². The molecule has 0 radical (unpaired) electrons. The minimum absolute atomic E-state index is 0.0340. The maximum atomic E-state index is 12.2. The normalized spacial score (nSPS) is 13.4. The van der Waals surface area contributed by atoms with Crippen molar-refractivity contribution in [3.8, 4) is 11.5 Å². The van der Waals surface area contributed by atoms with E-state index in [1.165, 1.54) is 0 Å². The van der Waals surface area contributed by atoms with Crippen LogP contribution < -0.4 is 14.8 Å². The Morgan fingerprint density at radius 2 is 2.00 bits per heavy atom. The van der Waals surface area contributed by atoms with Crippen LogP contribution >= 0.6 is 0 Å². The lowest BCUT2D eigenvalue weighted by Gasteiger charge is -2.09. The Morgan fingerprint density at radius 3 is 2.92 bits per heavy atom. The van der Waals surface area contributed by atoms with Crippen LogP contribution in [0.1, 0.15) is 17.8 Å². The third kappa shape index (κ3) is 3.61. The molecule has 0 atom stereocenters. The topological polar surface area (TPSA) is 77.8 Å². The van der Waals surface area contributed by atoms with Crippen molar-refractivity contribution in [3.63, 3.8) is 0 Å². The van der Waals surface area contributed by atoms with Gasteiger partial charge in [0.15, 0.2) is 17.1 Å². The maximum absolute atomic E-state index is 12.2. The predicted molar refractivity (Wildman–Crippen MR) is 95.5 cm³/mol. The number of amides is 1. The van der Waals surface area contributed by atoms with Crippen molar-refractivity contribution < 1.29 is 14.3 Å². The molecule has 0 saturated carbocycles. The number of nitrogens with one attached hydrogen (secondary N) is 1. The minimum Gasteiger partial charge on any atom is -0.490 e. The summed E-state index contributed by atoms with van der Waals surface area (Å²) >= 11 is 0. The molecule has 134 valence electrons. The number of aromatic nitrogens is 3. The Balaban J connectivity index is 1.32. The van der Waals surface area contributed by atoms with Gasteiger partial charge in [0.05, 0.1) is 19.6 Å². The number of benzene rings is 1. The summed E-state index contributed by atoms with van der Waals surface area (Å²) in [5.41, 5.74) is 1.71. The van der Waals surface area contributed by atoms with Gasteiger partial charge < -0.3 is 14.8 Å². The quantitative estimate of drug-likeness (QED) is 0.757. The molecule has 0 saturated heterocycles. The highest BCUT2D eigenvalue weighted by Crippen LogP contribution is 2.30. The number of nitrogens with zero attached hydrogens (tertiary/aromatic N) is 3. The van der Waals surface area contributed by atoms with Crippen molar-refractivity contribution in [1.29, 1.82) is 0 Å². The summed E-state index contributed by atoms with van der Waals surface area (Å²) in [7, 11) is 0. The fourth-order valence-electron chi connectivity index (χ4n) is 2.94. The van der Waals surface area contributed by atoms with Crippen molar-refractivity contribution in [2.45, 2.75) is 19.3 Å². The average Bonchev–Trinajstić information content (AvgIpc) is 2.91. The molecule has 0 spiro atoms. The molecule has 1 N–H and O–H groups in total. The van der Waals surface area contributed by atoms with E-state index < -0.39 is 0 Å². The van der Waals surface area contributed by atoms with Crippen LogP contribution in [0.15, 0.2) is 42.6 Å². The Hall–Kier alpha value is -3.09. The van der Waals surface area contributed by atoms with Crippen LogP contribution in [0.5, 0.6) is 11.5 Å². The summed E-state index contributed by atoms with van der Waals surface area (Å²) in [6.07, 6.45) is 3.71. The third-order valence-corrected chi connectivity index (χ3v) is 4.23. The highest BCUT2D eigenvalue weighted by molar-refractivity contribution is 5.78. The lowest BCUT2D eigenvalue weighted by molar-refractivity contribution is -0.120. The molecule has 2 aromatic heterocycles. The lowest BCUT2D eigenvalue weighted by atomic mass is 10.1. The van der Waals surface area contributed by atoms with Gasteiger partial charge in [-0.15, -0.1) is 10.2 Å².